The van der Waals surface area contributed by atoms with Crippen LogP contribution in [0, 0.1) is 0 Å². The van der Waals surface area contributed by atoms with E-state index in [0.29, 0.717) is 24.7 Å². The maximum absolute atomic E-state index is 11.8. The van der Waals surface area contributed by atoms with Crippen molar-refractivity contribution in [1.29, 1.82) is 0 Å². The van der Waals surface area contributed by atoms with Crippen LogP contribution < -0.4 is 16.0 Å². The molecule has 0 radical (unpaired) electrons. The minimum atomic E-state index is -0.257. The Morgan fingerprint density at radius 2 is 2.28 bits per heavy atom. The molecule has 0 unspecified atom stereocenters. The van der Waals surface area contributed by atoms with Crippen LogP contribution in [0.3, 0.4) is 0 Å². The van der Waals surface area contributed by atoms with Crippen LogP contribution in [0.4, 0.5) is 0 Å². The lowest BCUT2D eigenvalue weighted by Gasteiger charge is -2.06. The molecule has 2 N–H and O–H groups in total. The van der Waals surface area contributed by atoms with Crippen molar-refractivity contribution in [2.45, 2.75) is 6.54 Å². The first-order valence-electron chi connectivity index (χ1n) is 5.43. The molecule has 8 heteroatoms. The minimum absolute atomic E-state index is 0.257. The predicted molar refractivity (Wildman–Crippen MR) is 63.2 cm³/mol. The summed E-state index contributed by atoms with van der Waals surface area (Å²) in [6, 6.07) is 1.37. The summed E-state index contributed by atoms with van der Waals surface area (Å²) in [4.78, 5) is 15.8. The van der Waals surface area contributed by atoms with Crippen LogP contribution in [0.25, 0.3) is 0 Å². The van der Waals surface area contributed by atoms with Crippen LogP contribution in [0.15, 0.2) is 23.4 Å². The molecule has 2 heterocycles. The maximum Gasteiger partial charge on any atom is 0.270 e. The second kappa shape index (κ2) is 5.41. The second-order valence-electron chi connectivity index (χ2n) is 3.62. The molecule has 0 fully saturated rings. The average Bonchev–Trinajstić information content (AvgIpc) is 2.75. The van der Waals surface area contributed by atoms with E-state index in [4.69, 9.17) is 10.5 Å². The van der Waals surface area contributed by atoms with Crippen molar-refractivity contribution in [3.8, 4) is 5.75 Å². The molecule has 0 amide bonds. The first-order valence-corrected chi connectivity index (χ1v) is 5.43. The summed E-state index contributed by atoms with van der Waals surface area (Å²) in [7, 11) is 1.76. The summed E-state index contributed by atoms with van der Waals surface area (Å²) in [5.41, 5.74) is 5.05. The fraction of sp³-hybridized carbons (Fsp3) is 0.400. The normalized spacial score (nSPS) is 10.6. The van der Waals surface area contributed by atoms with Crippen molar-refractivity contribution in [3.63, 3.8) is 0 Å². The summed E-state index contributed by atoms with van der Waals surface area (Å²) in [5.74, 6) is 1.07. The Balaban J connectivity index is 2.15. The van der Waals surface area contributed by atoms with E-state index in [9.17, 15) is 4.79 Å². The molecule has 0 saturated carbocycles. The molecule has 0 spiro atoms. The summed E-state index contributed by atoms with van der Waals surface area (Å²) >= 11 is 0. The van der Waals surface area contributed by atoms with Gasteiger partial charge in [-0.05, 0) is 0 Å². The molecule has 0 aliphatic carbocycles. The lowest BCUT2D eigenvalue weighted by Crippen LogP contribution is -2.24. The molecular weight excluding hydrogens is 236 g/mol. The van der Waals surface area contributed by atoms with Crippen molar-refractivity contribution in [2.75, 3.05) is 13.2 Å². The Bertz CT molecular complexity index is 576. The third-order valence-corrected chi connectivity index (χ3v) is 2.33. The van der Waals surface area contributed by atoms with Gasteiger partial charge in [0, 0.05) is 19.7 Å². The highest BCUT2D eigenvalue weighted by Crippen LogP contribution is 2.03. The molecule has 2 aromatic heterocycles. The highest BCUT2D eigenvalue weighted by atomic mass is 16.5. The van der Waals surface area contributed by atoms with E-state index >= 15 is 0 Å². The third-order valence-electron chi connectivity index (χ3n) is 2.33. The van der Waals surface area contributed by atoms with E-state index < -0.39 is 0 Å². The standard InChI is InChI=1S/C10H14N6O2/c1-15-9(12-7-14-15)6-16-10(17)4-8(5-13-16)18-3-2-11/h4-5,7H,2-3,6,11H2,1H3. The molecule has 2 aromatic rings. The van der Waals surface area contributed by atoms with Gasteiger partial charge in [0.2, 0.25) is 0 Å². The number of ether oxygens (including phenoxy) is 1. The predicted octanol–water partition coefficient (Wildman–Crippen LogP) is -1.24. The molecule has 2 rings (SSSR count). The molecule has 0 bridgehead atoms. The van der Waals surface area contributed by atoms with E-state index in [1.165, 1.54) is 23.3 Å². The van der Waals surface area contributed by atoms with Gasteiger partial charge in [0.25, 0.3) is 5.56 Å². The zero-order chi connectivity index (χ0) is 13.0. The first kappa shape index (κ1) is 12.2. The molecule has 0 aliphatic heterocycles. The number of hydrogen-bond acceptors (Lipinski definition) is 6. The van der Waals surface area contributed by atoms with E-state index in [0.717, 1.165) is 0 Å². The number of nitrogens with zero attached hydrogens (tertiary/aromatic N) is 5. The maximum atomic E-state index is 11.8. The molecule has 0 aromatic carbocycles. The Kier molecular flexibility index (Phi) is 3.68. The lowest BCUT2D eigenvalue weighted by molar-refractivity contribution is 0.324. The van der Waals surface area contributed by atoms with Gasteiger partial charge in [-0.1, -0.05) is 0 Å². The first-order chi connectivity index (χ1) is 8.70. The van der Waals surface area contributed by atoms with Gasteiger partial charge in [-0.15, -0.1) is 0 Å². The van der Waals surface area contributed by atoms with Crippen LogP contribution in [0.2, 0.25) is 0 Å². The molecule has 8 nitrogen and oxygen atoms in total. The fourth-order valence-corrected chi connectivity index (χ4v) is 1.39. The van der Waals surface area contributed by atoms with Gasteiger partial charge >= 0.3 is 0 Å². The smallest absolute Gasteiger partial charge is 0.270 e. The number of rotatable bonds is 5. The summed E-state index contributed by atoms with van der Waals surface area (Å²) in [5, 5.41) is 7.93. The monoisotopic (exact) mass is 250 g/mol. The van der Waals surface area contributed by atoms with Crippen molar-refractivity contribution in [2.24, 2.45) is 12.8 Å². The van der Waals surface area contributed by atoms with Gasteiger partial charge in [0.15, 0.2) is 0 Å². The van der Waals surface area contributed by atoms with Crippen LogP contribution in [-0.4, -0.2) is 37.7 Å². The van der Waals surface area contributed by atoms with Crippen LogP contribution >= 0.6 is 0 Å². The van der Waals surface area contributed by atoms with Gasteiger partial charge < -0.3 is 10.5 Å². The van der Waals surface area contributed by atoms with Crippen LogP contribution in [0.1, 0.15) is 5.82 Å². The lowest BCUT2D eigenvalue weighted by atomic mass is 10.5. The Morgan fingerprint density at radius 1 is 1.44 bits per heavy atom. The van der Waals surface area contributed by atoms with E-state index in [1.807, 2.05) is 0 Å². The van der Waals surface area contributed by atoms with E-state index in [-0.39, 0.29) is 12.1 Å². The van der Waals surface area contributed by atoms with E-state index in [2.05, 4.69) is 15.2 Å². The second-order valence-corrected chi connectivity index (χ2v) is 3.62. The number of aromatic nitrogens is 5. The van der Waals surface area contributed by atoms with Crippen molar-refractivity contribution in [3.05, 3.63) is 34.8 Å². The van der Waals surface area contributed by atoms with Crippen molar-refractivity contribution < 1.29 is 4.74 Å². The van der Waals surface area contributed by atoms with Gasteiger partial charge in [-0.2, -0.15) is 10.2 Å². The summed E-state index contributed by atoms with van der Waals surface area (Å²) < 4.78 is 8.10. The Labute approximate surface area is 103 Å². The average molecular weight is 250 g/mol. The zero-order valence-electron chi connectivity index (χ0n) is 9.98. The highest BCUT2D eigenvalue weighted by molar-refractivity contribution is 5.13. The zero-order valence-corrected chi connectivity index (χ0v) is 9.98. The van der Waals surface area contributed by atoms with Crippen molar-refractivity contribution in [1.82, 2.24) is 24.5 Å². The Hall–Kier alpha value is -2.22. The minimum Gasteiger partial charge on any atom is -0.490 e. The van der Waals surface area contributed by atoms with Gasteiger partial charge in [-0.3, -0.25) is 9.48 Å². The largest absolute Gasteiger partial charge is 0.490 e. The SMILES string of the molecule is Cn1ncnc1Cn1ncc(OCCN)cc1=O. The van der Waals surface area contributed by atoms with Crippen molar-refractivity contribution >= 4 is 0 Å². The number of aryl methyl sites for hydroxylation is 1. The molecule has 96 valence electrons. The summed E-state index contributed by atoms with van der Waals surface area (Å²) in [6.07, 6.45) is 2.91. The third kappa shape index (κ3) is 2.72. The molecule has 0 aliphatic rings. The van der Waals surface area contributed by atoms with E-state index in [1.54, 1.807) is 11.7 Å². The molecule has 0 atom stereocenters. The van der Waals surface area contributed by atoms with Gasteiger partial charge in [-0.25, -0.2) is 9.67 Å². The fourth-order valence-electron chi connectivity index (χ4n) is 1.39. The number of nitrogens with two attached hydrogens (primary N) is 1. The molecule has 18 heavy (non-hydrogen) atoms. The van der Waals surface area contributed by atoms with Crippen LogP contribution in [0.5, 0.6) is 5.75 Å². The number of hydrogen-bond donors (Lipinski definition) is 1. The van der Waals surface area contributed by atoms with Gasteiger partial charge in [0.05, 0.1) is 6.20 Å². The quantitative estimate of drug-likeness (QED) is 0.712. The topological polar surface area (TPSA) is 101 Å². The van der Waals surface area contributed by atoms with Gasteiger partial charge in [0.1, 0.15) is 31.1 Å². The van der Waals surface area contributed by atoms with Crippen LogP contribution in [-0.2, 0) is 13.6 Å². The molecule has 0 saturated heterocycles. The molecular formula is C10H14N6O2. The highest BCUT2D eigenvalue weighted by Gasteiger charge is 2.05. The summed E-state index contributed by atoms with van der Waals surface area (Å²) in [6.45, 7) is 1.02. The Morgan fingerprint density at radius 3 is 2.89 bits per heavy atom.